The number of rotatable bonds is 7. The van der Waals surface area contributed by atoms with Gasteiger partial charge >= 0.3 is 0 Å². The number of thiazole rings is 1. The summed E-state index contributed by atoms with van der Waals surface area (Å²) in [5.41, 5.74) is 7.30. The molecule has 136 valence electrons. The first-order valence-corrected chi connectivity index (χ1v) is 8.74. The summed E-state index contributed by atoms with van der Waals surface area (Å²) in [5, 5.41) is 8.14. The number of hydrogen-bond donors (Lipinski definition) is 3. The Kier molecular flexibility index (Phi) is 8.54. The molecule has 1 aromatic heterocycles. The molecular weight excluding hydrogens is 360 g/mol. The molecule has 0 aliphatic heterocycles. The first kappa shape index (κ1) is 21.1. The minimum Gasteiger partial charge on any atom is -0.350 e. The molecule has 1 heterocycles. The van der Waals surface area contributed by atoms with E-state index in [1.807, 2.05) is 26.0 Å². The summed E-state index contributed by atoms with van der Waals surface area (Å²) >= 11 is 1.36. The fourth-order valence-electron chi connectivity index (χ4n) is 2.01. The second kappa shape index (κ2) is 10.1. The molecule has 0 radical (unpaired) electrons. The summed E-state index contributed by atoms with van der Waals surface area (Å²) < 4.78 is 0. The normalized spacial score (nSPS) is 11.3. The van der Waals surface area contributed by atoms with Gasteiger partial charge in [-0.25, -0.2) is 4.98 Å². The summed E-state index contributed by atoms with van der Waals surface area (Å²) in [6.45, 7) is 4.64. The molecule has 2 aromatic rings. The molecule has 1 aromatic carbocycles. The molecule has 0 fully saturated rings. The summed E-state index contributed by atoms with van der Waals surface area (Å²) in [6.07, 6.45) is 0.875. The molecule has 0 aliphatic carbocycles. The van der Waals surface area contributed by atoms with Gasteiger partial charge < -0.3 is 16.4 Å². The number of nitrogens with zero attached hydrogens (tertiary/aromatic N) is 1. The van der Waals surface area contributed by atoms with Crippen LogP contribution in [0.3, 0.4) is 0 Å². The van der Waals surface area contributed by atoms with Gasteiger partial charge in [0.25, 0.3) is 11.8 Å². The lowest BCUT2D eigenvalue weighted by Gasteiger charge is -2.12. The van der Waals surface area contributed by atoms with Gasteiger partial charge in [-0.05, 0) is 31.0 Å². The second-order valence-electron chi connectivity index (χ2n) is 5.50. The summed E-state index contributed by atoms with van der Waals surface area (Å²) in [5.74, 6) is -0.356. The van der Waals surface area contributed by atoms with Gasteiger partial charge in [0.1, 0.15) is 10.7 Å². The monoisotopic (exact) mass is 382 g/mol. The van der Waals surface area contributed by atoms with Crippen LogP contribution in [0.4, 0.5) is 0 Å². The molecule has 6 nitrogen and oxygen atoms in total. The van der Waals surface area contributed by atoms with E-state index < -0.39 is 0 Å². The third-order valence-corrected chi connectivity index (χ3v) is 4.46. The van der Waals surface area contributed by atoms with E-state index in [4.69, 9.17) is 5.73 Å². The molecule has 8 heteroatoms. The van der Waals surface area contributed by atoms with Crippen LogP contribution in [0.25, 0.3) is 0 Å². The van der Waals surface area contributed by atoms with Crippen molar-refractivity contribution < 1.29 is 9.59 Å². The maximum absolute atomic E-state index is 12.1. The van der Waals surface area contributed by atoms with Gasteiger partial charge in [0, 0.05) is 30.1 Å². The van der Waals surface area contributed by atoms with Crippen molar-refractivity contribution in [1.29, 1.82) is 0 Å². The number of amides is 2. The highest BCUT2D eigenvalue weighted by atomic mass is 35.5. The highest BCUT2D eigenvalue weighted by Crippen LogP contribution is 2.10. The van der Waals surface area contributed by atoms with Crippen LogP contribution in [0.2, 0.25) is 0 Å². The zero-order valence-corrected chi connectivity index (χ0v) is 15.9. The van der Waals surface area contributed by atoms with Crippen molar-refractivity contribution in [2.45, 2.75) is 39.4 Å². The van der Waals surface area contributed by atoms with Gasteiger partial charge in [0.15, 0.2) is 0 Å². The average molecular weight is 383 g/mol. The summed E-state index contributed by atoms with van der Waals surface area (Å²) in [6, 6.07) is 7.35. The molecule has 0 aliphatic rings. The van der Waals surface area contributed by atoms with Crippen LogP contribution < -0.4 is 16.4 Å². The molecule has 4 N–H and O–H groups in total. The summed E-state index contributed by atoms with van der Waals surface area (Å²) in [7, 11) is 0. The zero-order valence-electron chi connectivity index (χ0n) is 14.2. The highest BCUT2D eigenvalue weighted by Gasteiger charge is 2.11. The Hall–Kier alpha value is -1.96. The third-order valence-electron chi connectivity index (χ3n) is 3.59. The molecule has 25 heavy (non-hydrogen) atoms. The van der Waals surface area contributed by atoms with Crippen LogP contribution in [0, 0.1) is 0 Å². The first-order valence-electron chi connectivity index (χ1n) is 7.86. The molecule has 2 amide bonds. The van der Waals surface area contributed by atoms with Crippen molar-refractivity contribution in [1.82, 2.24) is 15.6 Å². The smallest absolute Gasteiger partial charge is 0.271 e. The van der Waals surface area contributed by atoms with E-state index in [1.54, 1.807) is 17.5 Å². The third kappa shape index (κ3) is 6.12. The maximum Gasteiger partial charge on any atom is 0.271 e. The van der Waals surface area contributed by atoms with Gasteiger partial charge in [0.05, 0.1) is 0 Å². The van der Waals surface area contributed by atoms with Crippen LogP contribution in [-0.4, -0.2) is 22.8 Å². The van der Waals surface area contributed by atoms with E-state index in [1.165, 1.54) is 11.3 Å². The van der Waals surface area contributed by atoms with Gasteiger partial charge in [-0.15, -0.1) is 23.7 Å². The van der Waals surface area contributed by atoms with Crippen molar-refractivity contribution in [3.8, 4) is 0 Å². The van der Waals surface area contributed by atoms with Crippen molar-refractivity contribution in [2.75, 3.05) is 0 Å². The lowest BCUT2D eigenvalue weighted by Crippen LogP contribution is -2.32. The molecule has 1 unspecified atom stereocenters. The number of nitrogens with one attached hydrogen (secondary N) is 2. The lowest BCUT2D eigenvalue weighted by atomic mass is 10.1. The Morgan fingerprint density at radius 3 is 2.72 bits per heavy atom. The number of aromatic nitrogens is 1. The largest absolute Gasteiger partial charge is 0.350 e. The Morgan fingerprint density at radius 2 is 2.08 bits per heavy atom. The molecule has 0 saturated carbocycles. The number of benzene rings is 1. The van der Waals surface area contributed by atoms with Crippen molar-refractivity contribution >= 4 is 35.6 Å². The van der Waals surface area contributed by atoms with Gasteiger partial charge in [-0.2, -0.15) is 0 Å². The number of carbonyl (C=O) groups is 2. The predicted molar refractivity (Wildman–Crippen MR) is 102 cm³/mol. The van der Waals surface area contributed by atoms with Crippen molar-refractivity contribution in [3.63, 3.8) is 0 Å². The standard InChI is InChI=1S/C17H22N4O2S.ClH/c1-3-11(2)20-16(22)13-6-4-5-12(7-13)9-19-17(23)14-10-24-15(8-18)21-14;/h4-7,10-11H,3,8-9,18H2,1-2H3,(H,19,23)(H,20,22);1H. The Labute approximate surface area is 157 Å². The topological polar surface area (TPSA) is 97.1 Å². The van der Waals surface area contributed by atoms with Crippen LogP contribution >= 0.6 is 23.7 Å². The van der Waals surface area contributed by atoms with E-state index in [0.29, 0.717) is 24.3 Å². The number of halogens is 1. The average Bonchev–Trinajstić information content (AvgIpc) is 3.09. The van der Waals surface area contributed by atoms with Gasteiger partial charge in [-0.1, -0.05) is 19.1 Å². The van der Waals surface area contributed by atoms with E-state index >= 15 is 0 Å². The van der Waals surface area contributed by atoms with E-state index in [-0.39, 0.29) is 30.3 Å². The predicted octanol–water partition coefficient (Wildman–Crippen LogP) is 2.48. The Morgan fingerprint density at radius 1 is 1.32 bits per heavy atom. The second-order valence-corrected chi connectivity index (χ2v) is 6.44. The SMILES string of the molecule is CCC(C)NC(=O)c1cccc(CNC(=O)c2csc(CN)n2)c1.Cl. The number of carbonyl (C=O) groups excluding carboxylic acids is 2. The van der Waals surface area contributed by atoms with E-state index in [2.05, 4.69) is 15.6 Å². The van der Waals surface area contributed by atoms with E-state index in [9.17, 15) is 9.59 Å². The quantitative estimate of drug-likeness (QED) is 0.685. The van der Waals surface area contributed by atoms with Crippen LogP contribution in [0.1, 0.15) is 51.7 Å². The van der Waals surface area contributed by atoms with Crippen LogP contribution in [0.15, 0.2) is 29.6 Å². The van der Waals surface area contributed by atoms with Crippen LogP contribution in [0.5, 0.6) is 0 Å². The molecular formula is C17H23ClN4O2S. The van der Waals surface area contributed by atoms with Crippen molar-refractivity contribution in [3.05, 3.63) is 51.5 Å². The molecule has 2 rings (SSSR count). The molecule has 0 spiro atoms. The fourth-order valence-corrected chi connectivity index (χ4v) is 2.67. The number of nitrogens with two attached hydrogens (primary N) is 1. The van der Waals surface area contributed by atoms with Crippen LogP contribution in [-0.2, 0) is 13.1 Å². The maximum atomic E-state index is 12.1. The Bertz CT molecular complexity index is 720. The lowest BCUT2D eigenvalue weighted by molar-refractivity contribution is 0.0936. The highest BCUT2D eigenvalue weighted by molar-refractivity contribution is 7.09. The van der Waals surface area contributed by atoms with Gasteiger partial charge in [-0.3, -0.25) is 9.59 Å². The molecule has 0 saturated heterocycles. The number of hydrogen-bond acceptors (Lipinski definition) is 5. The van der Waals surface area contributed by atoms with Gasteiger partial charge in [0.2, 0.25) is 0 Å². The molecule has 0 bridgehead atoms. The Balaban J connectivity index is 0.00000312. The first-order chi connectivity index (χ1) is 11.5. The molecule has 1 atom stereocenters. The summed E-state index contributed by atoms with van der Waals surface area (Å²) in [4.78, 5) is 28.4. The van der Waals surface area contributed by atoms with Crippen molar-refractivity contribution in [2.24, 2.45) is 5.73 Å². The zero-order chi connectivity index (χ0) is 17.5. The van der Waals surface area contributed by atoms with E-state index in [0.717, 1.165) is 17.0 Å². The minimum absolute atomic E-state index is 0. The fraction of sp³-hybridized carbons (Fsp3) is 0.353. The minimum atomic E-state index is -0.250.